The molecular weight excluding hydrogens is 352 g/mol. The lowest BCUT2D eigenvalue weighted by atomic mass is 9.87. The van der Waals surface area contributed by atoms with E-state index in [0.29, 0.717) is 37.6 Å². The molecule has 0 atom stereocenters. The van der Waals surface area contributed by atoms with Gasteiger partial charge in [-0.25, -0.2) is 4.98 Å². The van der Waals surface area contributed by atoms with E-state index in [-0.39, 0.29) is 17.2 Å². The van der Waals surface area contributed by atoms with Gasteiger partial charge in [-0.05, 0) is 35.2 Å². The van der Waals surface area contributed by atoms with E-state index in [9.17, 15) is 9.59 Å². The third-order valence-corrected chi connectivity index (χ3v) is 5.04. The van der Waals surface area contributed by atoms with Crippen molar-refractivity contribution >= 4 is 23.3 Å². The first kappa shape index (κ1) is 19.9. The van der Waals surface area contributed by atoms with Gasteiger partial charge in [0.2, 0.25) is 5.91 Å². The zero-order valence-corrected chi connectivity index (χ0v) is 17.0. The quantitative estimate of drug-likeness (QED) is 0.886. The number of pyridine rings is 1. The van der Waals surface area contributed by atoms with Crippen LogP contribution in [0.25, 0.3) is 0 Å². The standard InChI is InChI=1S/C22H28N4O2/c1-16(27)25-11-13-26(14-12-25)21(28)17-9-10-23-20(15-17)24-19-7-5-18(6-8-19)22(2,3)4/h5-10,15H,11-14H2,1-4H3,(H,23,24). The van der Waals surface area contributed by atoms with Crippen molar-refractivity contribution < 1.29 is 9.59 Å². The molecule has 6 nitrogen and oxygen atoms in total. The first-order valence-corrected chi connectivity index (χ1v) is 9.62. The summed E-state index contributed by atoms with van der Waals surface area (Å²) >= 11 is 0. The van der Waals surface area contributed by atoms with Gasteiger partial charge in [0.05, 0.1) is 0 Å². The van der Waals surface area contributed by atoms with Crippen LogP contribution in [0.4, 0.5) is 11.5 Å². The zero-order chi connectivity index (χ0) is 20.3. The van der Waals surface area contributed by atoms with Crippen LogP contribution in [0.5, 0.6) is 0 Å². The Morgan fingerprint density at radius 2 is 1.57 bits per heavy atom. The second kappa shape index (κ2) is 8.00. The zero-order valence-electron chi connectivity index (χ0n) is 17.0. The number of nitrogens with one attached hydrogen (secondary N) is 1. The number of hydrogen-bond acceptors (Lipinski definition) is 4. The highest BCUT2D eigenvalue weighted by atomic mass is 16.2. The van der Waals surface area contributed by atoms with Gasteiger partial charge in [0.1, 0.15) is 5.82 Å². The third-order valence-electron chi connectivity index (χ3n) is 5.04. The summed E-state index contributed by atoms with van der Waals surface area (Å²) in [6, 6.07) is 11.8. The van der Waals surface area contributed by atoms with E-state index in [2.05, 4.69) is 43.2 Å². The molecule has 148 valence electrons. The van der Waals surface area contributed by atoms with Crippen LogP contribution in [-0.2, 0) is 10.2 Å². The number of amides is 2. The number of benzene rings is 1. The number of nitrogens with zero attached hydrogens (tertiary/aromatic N) is 3. The maximum Gasteiger partial charge on any atom is 0.254 e. The highest BCUT2D eigenvalue weighted by Gasteiger charge is 2.23. The van der Waals surface area contributed by atoms with Gasteiger partial charge in [0, 0.05) is 50.6 Å². The van der Waals surface area contributed by atoms with Crippen molar-refractivity contribution in [3.8, 4) is 0 Å². The van der Waals surface area contributed by atoms with Crippen molar-refractivity contribution in [2.24, 2.45) is 0 Å². The van der Waals surface area contributed by atoms with Gasteiger partial charge in [-0.15, -0.1) is 0 Å². The number of carbonyl (C=O) groups excluding carboxylic acids is 2. The lowest BCUT2D eigenvalue weighted by Gasteiger charge is -2.34. The predicted octanol–water partition coefficient (Wildman–Crippen LogP) is 3.43. The van der Waals surface area contributed by atoms with Crippen molar-refractivity contribution in [2.75, 3.05) is 31.5 Å². The minimum atomic E-state index is -0.0308. The molecule has 28 heavy (non-hydrogen) atoms. The Hall–Kier alpha value is -2.89. The number of rotatable bonds is 3. The van der Waals surface area contributed by atoms with Crippen LogP contribution in [0.3, 0.4) is 0 Å². The van der Waals surface area contributed by atoms with Crippen molar-refractivity contribution in [1.82, 2.24) is 14.8 Å². The van der Waals surface area contributed by atoms with Gasteiger partial charge in [0.15, 0.2) is 0 Å². The van der Waals surface area contributed by atoms with Crippen molar-refractivity contribution in [2.45, 2.75) is 33.1 Å². The van der Waals surface area contributed by atoms with Crippen molar-refractivity contribution in [1.29, 1.82) is 0 Å². The SMILES string of the molecule is CC(=O)N1CCN(C(=O)c2ccnc(Nc3ccc(C(C)(C)C)cc3)c2)CC1. The van der Waals surface area contributed by atoms with Crippen LogP contribution in [0.1, 0.15) is 43.6 Å². The molecule has 1 saturated heterocycles. The Morgan fingerprint density at radius 1 is 0.964 bits per heavy atom. The number of aromatic nitrogens is 1. The fraction of sp³-hybridized carbons (Fsp3) is 0.409. The first-order valence-electron chi connectivity index (χ1n) is 9.62. The Morgan fingerprint density at radius 3 is 2.14 bits per heavy atom. The predicted molar refractivity (Wildman–Crippen MR) is 111 cm³/mol. The molecule has 1 fully saturated rings. The maximum absolute atomic E-state index is 12.8. The molecular formula is C22H28N4O2. The average molecular weight is 380 g/mol. The third kappa shape index (κ3) is 4.68. The van der Waals surface area contributed by atoms with E-state index in [0.717, 1.165) is 5.69 Å². The van der Waals surface area contributed by atoms with Gasteiger partial charge in [-0.2, -0.15) is 0 Å². The first-order chi connectivity index (χ1) is 13.2. The van der Waals surface area contributed by atoms with Gasteiger partial charge < -0.3 is 15.1 Å². The lowest BCUT2D eigenvalue weighted by molar-refractivity contribution is -0.130. The average Bonchev–Trinajstić information content (AvgIpc) is 2.67. The molecule has 0 spiro atoms. The normalized spacial score (nSPS) is 14.7. The topological polar surface area (TPSA) is 65.5 Å². The van der Waals surface area contributed by atoms with Crippen molar-refractivity contribution in [3.05, 3.63) is 53.7 Å². The van der Waals surface area contributed by atoms with Crippen LogP contribution in [0.2, 0.25) is 0 Å². The van der Waals surface area contributed by atoms with Crippen molar-refractivity contribution in [3.63, 3.8) is 0 Å². The van der Waals surface area contributed by atoms with E-state index in [1.807, 2.05) is 12.1 Å². The summed E-state index contributed by atoms with van der Waals surface area (Å²) in [4.78, 5) is 32.1. The minimum absolute atomic E-state index is 0.0308. The van der Waals surface area contributed by atoms with Crippen LogP contribution < -0.4 is 5.32 Å². The molecule has 6 heteroatoms. The maximum atomic E-state index is 12.8. The van der Waals surface area contributed by atoms with E-state index < -0.39 is 0 Å². The summed E-state index contributed by atoms with van der Waals surface area (Å²) in [6.07, 6.45) is 1.64. The van der Waals surface area contributed by atoms with Crippen LogP contribution in [0.15, 0.2) is 42.6 Å². The molecule has 2 amide bonds. The molecule has 1 aliphatic heterocycles. The fourth-order valence-corrected chi connectivity index (χ4v) is 3.24. The lowest BCUT2D eigenvalue weighted by Crippen LogP contribution is -2.50. The minimum Gasteiger partial charge on any atom is -0.340 e. The number of piperazine rings is 1. The fourth-order valence-electron chi connectivity index (χ4n) is 3.24. The van der Waals surface area contributed by atoms with Gasteiger partial charge >= 0.3 is 0 Å². The molecule has 1 N–H and O–H groups in total. The summed E-state index contributed by atoms with van der Waals surface area (Å²) < 4.78 is 0. The van der Waals surface area contributed by atoms with Crippen LogP contribution >= 0.6 is 0 Å². The smallest absolute Gasteiger partial charge is 0.254 e. The monoisotopic (exact) mass is 380 g/mol. The summed E-state index contributed by atoms with van der Waals surface area (Å²) in [5.41, 5.74) is 2.90. The molecule has 0 bridgehead atoms. The van der Waals surface area contributed by atoms with Gasteiger partial charge in [-0.3, -0.25) is 9.59 Å². The van der Waals surface area contributed by atoms with E-state index in [1.165, 1.54) is 5.56 Å². The Bertz CT molecular complexity index is 848. The molecule has 1 aliphatic rings. The molecule has 0 saturated carbocycles. The number of hydrogen-bond donors (Lipinski definition) is 1. The molecule has 1 aromatic carbocycles. The Labute approximate surface area is 166 Å². The highest BCUT2D eigenvalue weighted by Crippen LogP contribution is 2.24. The number of anilines is 2. The Balaban J connectivity index is 1.67. The summed E-state index contributed by atoms with van der Waals surface area (Å²) in [7, 11) is 0. The highest BCUT2D eigenvalue weighted by molar-refractivity contribution is 5.95. The Kier molecular flexibility index (Phi) is 5.68. The molecule has 0 unspecified atom stereocenters. The van der Waals surface area contributed by atoms with Crippen LogP contribution in [-0.4, -0.2) is 52.8 Å². The van der Waals surface area contributed by atoms with Gasteiger partial charge in [0.25, 0.3) is 5.91 Å². The molecule has 2 aromatic rings. The summed E-state index contributed by atoms with van der Waals surface area (Å²) in [5.74, 6) is 0.661. The van der Waals surface area contributed by atoms with E-state index in [1.54, 1.807) is 35.1 Å². The molecule has 0 radical (unpaired) electrons. The molecule has 0 aliphatic carbocycles. The second-order valence-corrected chi connectivity index (χ2v) is 8.18. The molecule has 3 rings (SSSR count). The second-order valence-electron chi connectivity index (χ2n) is 8.18. The number of carbonyl (C=O) groups is 2. The van der Waals surface area contributed by atoms with E-state index in [4.69, 9.17) is 0 Å². The van der Waals surface area contributed by atoms with E-state index >= 15 is 0 Å². The summed E-state index contributed by atoms with van der Waals surface area (Å²) in [6.45, 7) is 10.4. The van der Waals surface area contributed by atoms with Gasteiger partial charge in [-0.1, -0.05) is 32.9 Å². The molecule has 2 heterocycles. The molecule has 1 aromatic heterocycles. The van der Waals surface area contributed by atoms with Crippen LogP contribution in [0, 0.1) is 0 Å². The largest absolute Gasteiger partial charge is 0.340 e. The summed E-state index contributed by atoms with van der Waals surface area (Å²) in [5, 5.41) is 3.27.